The standard InChI is InChI=1S/C10H9NS2/c1-7-5-6-13-10(7)8-3-2-4-9(12)11-8/h2-6H,1H3,(H,11,12). The number of aryl methyl sites for hydroxylation is 1. The van der Waals surface area contributed by atoms with E-state index in [1.165, 1.54) is 10.4 Å². The summed E-state index contributed by atoms with van der Waals surface area (Å²) in [7, 11) is 0. The van der Waals surface area contributed by atoms with Gasteiger partial charge in [-0.2, -0.15) is 0 Å². The van der Waals surface area contributed by atoms with Gasteiger partial charge in [-0.1, -0.05) is 18.3 Å². The van der Waals surface area contributed by atoms with Crippen molar-refractivity contribution in [3.63, 3.8) is 0 Å². The summed E-state index contributed by atoms with van der Waals surface area (Å²) in [6.07, 6.45) is 0. The first-order valence-electron chi connectivity index (χ1n) is 4.01. The van der Waals surface area contributed by atoms with E-state index in [0.717, 1.165) is 10.3 Å². The van der Waals surface area contributed by atoms with Gasteiger partial charge >= 0.3 is 0 Å². The molecule has 0 aliphatic rings. The Morgan fingerprint density at radius 2 is 2.15 bits per heavy atom. The maximum atomic E-state index is 5.07. The molecule has 0 aromatic carbocycles. The summed E-state index contributed by atoms with van der Waals surface area (Å²) in [5, 5.41) is 2.09. The van der Waals surface area contributed by atoms with Crippen molar-refractivity contribution in [1.82, 2.24) is 4.98 Å². The Morgan fingerprint density at radius 1 is 1.31 bits per heavy atom. The molecule has 2 aromatic rings. The maximum Gasteiger partial charge on any atom is 0.103 e. The zero-order valence-electron chi connectivity index (χ0n) is 7.20. The number of aromatic nitrogens is 1. The fourth-order valence-electron chi connectivity index (χ4n) is 1.23. The van der Waals surface area contributed by atoms with Crippen LogP contribution in [0.1, 0.15) is 5.56 Å². The lowest BCUT2D eigenvalue weighted by Crippen LogP contribution is -1.81. The van der Waals surface area contributed by atoms with Crippen molar-refractivity contribution in [2.45, 2.75) is 6.92 Å². The molecule has 3 heteroatoms. The van der Waals surface area contributed by atoms with Crippen molar-refractivity contribution in [2.75, 3.05) is 0 Å². The van der Waals surface area contributed by atoms with Gasteiger partial charge in [-0.25, -0.2) is 0 Å². The number of H-pyrrole nitrogens is 1. The third kappa shape index (κ3) is 1.71. The molecular formula is C10H9NS2. The van der Waals surface area contributed by atoms with Gasteiger partial charge in [-0.05, 0) is 36.1 Å². The lowest BCUT2D eigenvalue weighted by atomic mass is 10.2. The van der Waals surface area contributed by atoms with Crippen molar-refractivity contribution >= 4 is 23.6 Å². The van der Waals surface area contributed by atoms with E-state index in [0.29, 0.717) is 0 Å². The van der Waals surface area contributed by atoms with Crippen LogP contribution in [-0.4, -0.2) is 4.98 Å². The van der Waals surface area contributed by atoms with Gasteiger partial charge in [-0.15, -0.1) is 11.3 Å². The van der Waals surface area contributed by atoms with E-state index >= 15 is 0 Å². The number of hydrogen-bond acceptors (Lipinski definition) is 2. The third-order valence-electron chi connectivity index (χ3n) is 1.88. The van der Waals surface area contributed by atoms with Crippen molar-refractivity contribution in [3.05, 3.63) is 39.8 Å². The molecule has 0 atom stereocenters. The van der Waals surface area contributed by atoms with Gasteiger partial charge in [-0.3, -0.25) is 0 Å². The van der Waals surface area contributed by atoms with E-state index < -0.39 is 0 Å². The molecule has 0 saturated carbocycles. The highest BCUT2D eigenvalue weighted by molar-refractivity contribution is 7.71. The SMILES string of the molecule is Cc1ccsc1-c1cccc(=S)[nH]1. The Labute approximate surface area is 86.1 Å². The quantitative estimate of drug-likeness (QED) is 0.704. The second-order valence-corrected chi connectivity index (χ2v) is 4.22. The molecule has 2 aromatic heterocycles. The Balaban J connectivity index is 2.59. The van der Waals surface area contributed by atoms with Crippen molar-refractivity contribution in [1.29, 1.82) is 0 Å². The summed E-state index contributed by atoms with van der Waals surface area (Å²) in [6, 6.07) is 8.04. The predicted molar refractivity (Wildman–Crippen MR) is 59.7 cm³/mol. The summed E-state index contributed by atoms with van der Waals surface area (Å²) >= 11 is 6.80. The molecule has 2 heterocycles. The second kappa shape index (κ2) is 3.44. The molecule has 0 unspecified atom stereocenters. The van der Waals surface area contributed by atoms with Crippen molar-refractivity contribution in [2.24, 2.45) is 0 Å². The molecule has 0 saturated heterocycles. The van der Waals surface area contributed by atoms with Gasteiger partial charge in [0, 0.05) is 0 Å². The van der Waals surface area contributed by atoms with Crippen molar-refractivity contribution in [3.8, 4) is 10.6 Å². The van der Waals surface area contributed by atoms with E-state index in [4.69, 9.17) is 12.2 Å². The zero-order valence-corrected chi connectivity index (χ0v) is 8.84. The van der Waals surface area contributed by atoms with E-state index in [1.54, 1.807) is 11.3 Å². The number of nitrogens with one attached hydrogen (secondary N) is 1. The molecule has 66 valence electrons. The summed E-state index contributed by atoms with van der Waals surface area (Å²) in [6.45, 7) is 2.11. The molecule has 0 amide bonds. The van der Waals surface area contributed by atoms with Gasteiger partial charge in [0.2, 0.25) is 0 Å². The summed E-state index contributed by atoms with van der Waals surface area (Å²) in [5.74, 6) is 0. The first kappa shape index (κ1) is 8.66. The molecule has 0 radical (unpaired) electrons. The average Bonchev–Trinajstić information content (AvgIpc) is 2.51. The van der Waals surface area contributed by atoms with Crippen LogP contribution in [0.3, 0.4) is 0 Å². The van der Waals surface area contributed by atoms with Crippen molar-refractivity contribution < 1.29 is 0 Å². The van der Waals surface area contributed by atoms with Crippen LogP contribution in [0.4, 0.5) is 0 Å². The predicted octanol–water partition coefficient (Wildman–Crippen LogP) is 3.78. The number of thiophene rings is 1. The lowest BCUT2D eigenvalue weighted by Gasteiger charge is -1.98. The van der Waals surface area contributed by atoms with E-state index in [-0.39, 0.29) is 0 Å². The Hall–Kier alpha value is -0.930. The molecule has 13 heavy (non-hydrogen) atoms. The summed E-state index contributed by atoms with van der Waals surface area (Å²) in [4.78, 5) is 4.45. The summed E-state index contributed by atoms with van der Waals surface area (Å²) in [5.41, 5.74) is 2.40. The highest BCUT2D eigenvalue weighted by Crippen LogP contribution is 2.26. The number of hydrogen-bond donors (Lipinski definition) is 1. The minimum absolute atomic E-state index is 0.783. The van der Waals surface area contributed by atoms with Gasteiger partial charge in [0.25, 0.3) is 0 Å². The normalized spacial score (nSPS) is 10.2. The molecule has 1 nitrogen and oxygen atoms in total. The largest absolute Gasteiger partial charge is 0.345 e. The van der Waals surface area contributed by atoms with E-state index in [1.807, 2.05) is 12.1 Å². The topological polar surface area (TPSA) is 15.8 Å². The van der Waals surface area contributed by atoms with Crippen LogP contribution in [-0.2, 0) is 0 Å². The van der Waals surface area contributed by atoms with Crippen LogP contribution in [0.15, 0.2) is 29.6 Å². The molecule has 0 aliphatic carbocycles. The maximum absolute atomic E-state index is 5.07. The highest BCUT2D eigenvalue weighted by Gasteiger charge is 2.01. The summed E-state index contributed by atoms with van der Waals surface area (Å²) < 4.78 is 0.783. The fourth-order valence-corrected chi connectivity index (χ4v) is 2.33. The Morgan fingerprint density at radius 3 is 2.77 bits per heavy atom. The van der Waals surface area contributed by atoms with Gasteiger partial charge in [0.15, 0.2) is 0 Å². The zero-order chi connectivity index (χ0) is 9.26. The van der Waals surface area contributed by atoms with Gasteiger partial charge in [0.05, 0.1) is 10.6 Å². The first-order valence-corrected chi connectivity index (χ1v) is 5.30. The minimum atomic E-state index is 0.783. The number of rotatable bonds is 1. The van der Waals surface area contributed by atoms with Crippen LogP contribution in [0.5, 0.6) is 0 Å². The van der Waals surface area contributed by atoms with Crippen LogP contribution in [0.25, 0.3) is 10.6 Å². The van der Waals surface area contributed by atoms with E-state index in [2.05, 4.69) is 29.4 Å². The molecular weight excluding hydrogens is 198 g/mol. The highest BCUT2D eigenvalue weighted by atomic mass is 32.1. The van der Waals surface area contributed by atoms with Crippen LogP contribution < -0.4 is 0 Å². The molecule has 2 rings (SSSR count). The molecule has 0 aliphatic heterocycles. The lowest BCUT2D eigenvalue weighted by molar-refractivity contribution is 1.30. The molecule has 0 spiro atoms. The Kier molecular flexibility index (Phi) is 2.29. The average molecular weight is 207 g/mol. The molecule has 0 bridgehead atoms. The van der Waals surface area contributed by atoms with Gasteiger partial charge < -0.3 is 4.98 Å². The number of pyridine rings is 1. The number of aromatic amines is 1. The minimum Gasteiger partial charge on any atom is -0.345 e. The third-order valence-corrected chi connectivity index (χ3v) is 3.16. The Bertz CT molecular complexity index is 468. The smallest absolute Gasteiger partial charge is 0.103 e. The second-order valence-electron chi connectivity index (χ2n) is 2.86. The first-order chi connectivity index (χ1) is 6.27. The van der Waals surface area contributed by atoms with Crippen LogP contribution in [0, 0.1) is 11.6 Å². The van der Waals surface area contributed by atoms with Crippen LogP contribution >= 0.6 is 23.6 Å². The van der Waals surface area contributed by atoms with Crippen LogP contribution in [0.2, 0.25) is 0 Å². The fraction of sp³-hybridized carbons (Fsp3) is 0.100. The molecule has 1 N–H and O–H groups in total. The van der Waals surface area contributed by atoms with Gasteiger partial charge in [0.1, 0.15) is 4.64 Å². The van der Waals surface area contributed by atoms with E-state index in [9.17, 15) is 0 Å². The monoisotopic (exact) mass is 207 g/mol. The molecule has 0 fully saturated rings.